The van der Waals surface area contributed by atoms with Gasteiger partial charge in [-0.3, -0.25) is 9.21 Å². The molecule has 0 radical (unpaired) electrons. The van der Waals surface area contributed by atoms with Gasteiger partial charge in [0, 0.05) is 25.7 Å². The molecule has 1 heterocycles. The van der Waals surface area contributed by atoms with Crippen LogP contribution in [0.4, 0.5) is 10.1 Å². The third-order valence-corrected chi connectivity index (χ3v) is 7.93. The number of likely N-dealkylation sites (tertiary alicyclic amines) is 1. The van der Waals surface area contributed by atoms with Crippen LogP contribution in [0.3, 0.4) is 0 Å². The highest BCUT2D eigenvalue weighted by atomic mass is 32.2. The van der Waals surface area contributed by atoms with E-state index in [4.69, 9.17) is 4.74 Å². The van der Waals surface area contributed by atoms with Gasteiger partial charge in [-0.25, -0.2) is 12.8 Å². The average molecular weight is 469 g/mol. The molecule has 0 atom stereocenters. The van der Waals surface area contributed by atoms with Crippen molar-refractivity contribution in [1.82, 2.24) is 4.90 Å². The number of methoxy groups -OCH3 is 1. The first kappa shape index (κ1) is 23.3. The Bertz CT molecular complexity index is 1190. The number of nitrogens with zero attached hydrogens (tertiary/aromatic N) is 2. The van der Waals surface area contributed by atoms with Crippen LogP contribution in [0.2, 0.25) is 0 Å². The van der Waals surface area contributed by atoms with Crippen LogP contribution in [-0.2, 0) is 16.6 Å². The number of hydrogen-bond donors (Lipinski definition) is 0. The Hall–Kier alpha value is -2.90. The number of rotatable bonds is 7. The molecular formula is C26H29FN2O3S. The Kier molecular flexibility index (Phi) is 7.00. The second kappa shape index (κ2) is 9.93. The van der Waals surface area contributed by atoms with Crippen molar-refractivity contribution in [3.05, 3.63) is 89.7 Å². The Morgan fingerprint density at radius 1 is 1.00 bits per heavy atom. The summed E-state index contributed by atoms with van der Waals surface area (Å²) in [4.78, 5) is 2.58. The Balaban J connectivity index is 1.56. The predicted octanol–water partition coefficient (Wildman–Crippen LogP) is 5.00. The molecule has 1 saturated heterocycles. The fraction of sp³-hybridized carbons (Fsp3) is 0.308. The molecule has 1 fully saturated rings. The minimum absolute atomic E-state index is 0.206. The van der Waals surface area contributed by atoms with Gasteiger partial charge in [0.15, 0.2) is 0 Å². The largest absolute Gasteiger partial charge is 0.497 e. The quantitative estimate of drug-likeness (QED) is 0.490. The van der Waals surface area contributed by atoms with Gasteiger partial charge in [0.2, 0.25) is 0 Å². The van der Waals surface area contributed by atoms with Gasteiger partial charge in [-0.2, -0.15) is 0 Å². The number of benzene rings is 3. The van der Waals surface area contributed by atoms with E-state index in [1.165, 1.54) is 16.4 Å². The second-order valence-corrected chi connectivity index (χ2v) is 10.3. The van der Waals surface area contributed by atoms with Crippen molar-refractivity contribution in [2.24, 2.45) is 0 Å². The van der Waals surface area contributed by atoms with Crippen LogP contribution in [0.5, 0.6) is 5.75 Å². The maximum absolute atomic E-state index is 13.7. The maximum atomic E-state index is 13.7. The molecule has 5 nitrogen and oxygen atoms in total. The van der Waals surface area contributed by atoms with Crippen molar-refractivity contribution in [3.8, 4) is 5.75 Å². The Morgan fingerprint density at radius 2 is 1.70 bits per heavy atom. The number of sulfonamides is 1. The average Bonchev–Trinajstić information content (AvgIpc) is 2.82. The summed E-state index contributed by atoms with van der Waals surface area (Å²) in [6.07, 6.45) is 1.37. The normalized spacial score (nSPS) is 15.4. The molecule has 174 valence electrons. The zero-order valence-electron chi connectivity index (χ0n) is 18.9. The molecule has 0 bridgehead atoms. The van der Waals surface area contributed by atoms with Crippen LogP contribution in [-0.4, -0.2) is 39.6 Å². The van der Waals surface area contributed by atoms with Crippen molar-refractivity contribution in [2.75, 3.05) is 24.5 Å². The van der Waals surface area contributed by atoms with E-state index in [1.54, 1.807) is 37.4 Å². The first-order chi connectivity index (χ1) is 15.9. The first-order valence-corrected chi connectivity index (χ1v) is 12.5. The number of piperidine rings is 1. The van der Waals surface area contributed by atoms with Gasteiger partial charge in [0.1, 0.15) is 11.6 Å². The molecule has 7 heteroatoms. The van der Waals surface area contributed by atoms with Gasteiger partial charge in [-0.1, -0.05) is 24.3 Å². The van der Waals surface area contributed by atoms with Gasteiger partial charge in [0.05, 0.1) is 17.7 Å². The number of ether oxygens (including phenoxy) is 1. The third kappa shape index (κ3) is 5.37. The zero-order valence-corrected chi connectivity index (χ0v) is 19.8. The second-order valence-electron chi connectivity index (χ2n) is 8.45. The summed E-state index contributed by atoms with van der Waals surface area (Å²) < 4.78 is 47.8. The van der Waals surface area contributed by atoms with E-state index in [1.807, 2.05) is 31.2 Å². The molecule has 0 amide bonds. The Labute approximate surface area is 195 Å². The van der Waals surface area contributed by atoms with Crippen LogP contribution in [0, 0.1) is 12.7 Å². The molecule has 1 aliphatic heterocycles. The zero-order chi connectivity index (χ0) is 23.4. The summed E-state index contributed by atoms with van der Waals surface area (Å²) in [7, 11) is -2.14. The van der Waals surface area contributed by atoms with Crippen LogP contribution in [0.1, 0.15) is 24.0 Å². The van der Waals surface area contributed by atoms with Crippen LogP contribution in [0.25, 0.3) is 0 Å². The molecule has 1 aliphatic rings. The van der Waals surface area contributed by atoms with Gasteiger partial charge >= 0.3 is 0 Å². The summed E-state index contributed by atoms with van der Waals surface area (Å²) in [5.41, 5.74) is 2.53. The molecule has 0 unspecified atom stereocenters. The molecule has 3 aromatic carbocycles. The molecular weight excluding hydrogens is 439 g/mol. The Morgan fingerprint density at radius 3 is 2.36 bits per heavy atom. The summed E-state index contributed by atoms with van der Waals surface area (Å²) in [5.74, 6) is 0.439. The molecule has 4 rings (SSSR count). The molecule has 0 aliphatic carbocycles. The predicted molar refractivity (Wildman–Crippen MR) is 129 cm³/mol. The molecule has 3 aromatic rings. The maximum Gasteiger partial charge on any atom is 0.264 e. The molecule has 0 aromatic heterocycles. The van der Waals surface area contributed by atoms with E-state index >= 15 is 0 Å². The molecule has 0 spiro atoms. The lowest BCUT2D eigenvalue weighted by molar-refractivity contribution is 0.206. The van der Waals surface area contributed by atoms with Gasteiger partial charge in [-0.15, -0.1) is 0 Å². The lowest BCUT2D eigenvalue weighted by Crippen LogP contribution is -2.47. The monoisotopic (exact) mass is 468 g/mol. The fourth-order valence-corrected chi connectivity index (χ4v) is 6.18. The SMILES string of the molecule is COc1cccc(CN2CCC(N(c3ccc(F)cc3)S(=O)(=O)c3cccc(C)c3)CC2)c1. The number of aryl methyl sites for hydroxylation is 1. The lowest BCUT2D eigenvalue weighted by Gasteiger charge is -2.39. The third-order valence-electron chi connectivity index (χ3n) is 6.06. The smallest absolute Gasteiger partial charge is 0.264 e. The van der Waals surface area contributed by atoms with Gasteiger partial charge in [0.25, 0.3) is 10.0 Å². The van der Waals surface area contributed by atoms with E-state index in [0.717, 1.165) is 36.5 Å². The van der Waals surface area contributed by atoms with E-state index < -0.39 is 10.0 Å². The van der Waals surface area contributed by atoms with Crippen LogP contribution >= 0.6 is 0 Å². The lowest BCUT2D eigenvalue weighted by atomic mass is 10.0. The van der Waals surface area contributed by atoms with E-state index in [2.05, 4.69) is 11.0 Å². The highest BCUT2D eigenvalue weighted by Gasteiger charge is 2.34. The van der Waals surface area contributed by atoms with E-state index in [-0.39, 0.29) is 16.8 Å². The van der Waals surface area contributed by atoms with Crippen molar-refractivity contribution in [2.45, 2.75) is 37.2 Å². The summed E-state index contributed by atoms with van der Waals surface area (Å²) in [6.45, 7) is 4.19. The van der Waals surface area contributed by atoms with Crippen molar-refractivity contribution in [3.63, 3.8) is 0 Å². The van der Waals surface area contributed by atoms with Crippen molar-refractivity contribution >= 4 is 15.7 Å². The highest BCUT2D eigenvalue weighted by molar-refractivity contribution is 7.92. The minimum atomic E-state index is -3.80. The van der Waals surface area contributed by atoms with Crippen molar-refractivity contribution < 1.29 is 17.5 Å². The number of anilines is 1. The summed E-state index contributed by atoms with van der Waals surface area (Å²) >= 11 is 0. The highest BCUT2D eigenvalue weighted by Crippen LogP contribution is 2.31. The van der Waals surface area contributed by atoms with Gasteiger partial charge < -0.3 is 4.74 Å². The van der Waals surface area contributed by atoms with E-state index in [0.29, 0.717) is 18.5 Å². The van der Waals surface area contributed by atoms with E-state index in [9.17, 15) is 12.8 Å². The first-order valence-electron chi connectivity index (χ1n) is 11.1. The molecule has 0 N–H and O–H groups in total. The minimum Gasteiger partial charge on any atom is -0.497 e. The van der Waals surface area contributed by atoms with Gasteiger partial charge in [-0.05, 0) is 79.4 Å². The number of hydrogen-bond acceptors (Lipinski definition) is 4. The summed E-state index contributed by atoms with van der Waals surface area (Å²) in [6, 6.07) is 20.4. The standard InChI is InChI=1S/C26H29FN2O3S/c1-20-5-3-8-26(17-20)33(30,31)29(23-11-9-22(27)10-12-23)24-13-15-28(16-14-24)19-21-6-4-7-25(18-21)32-2/h3-12,17-18,24H,13-16,19H2,1-2H3. The van der Waals surface area contributed by atoms with Crippen LogP contribution in [0.15, 0.2) is 77.7 Å². The van der Waals surface area contributed by atoms with Crippen molar-refractivity contribution in [1.29, 1.82) is 0 Å². The van der Waals surface area contributed by atoms with Crippen LogP contribution < -0.4 is 9.04 Å². The summed E-state index contributed by atoms with van der Waals surface area (Å²) in [5, 5.41) is 0. The fourth-order valence-electron chi connectivity index (χ4n) is 4.36. The number of halogens is 1. The molecule has 0 saturated carbocycles. The topological polar surface area (TPSA) is 49.9 Å². The molecule has 33 heavy (non-hydrogen) atoms.